The molecule has 3 heterocycles. The fourth-order valence-corrected chi connectivity index (χ4v) is 5.22. The van der Waals surface area contributed by atoms with Gasteiger partial charge in [0.25, 0.3) is 5.91 Å². The molecule has 1 aliphatic rings. The highest BCUT2D eigenvalue weighted by Crippen LogP contribution is 2.37. The minimum Gasteiger partial charge on any atom is -0.497 e. The number of methoxy groups -OCH3 is 1. The quantitative estimate of drug-likeness (QED) is 0.295. The molecule has 7 nitrogen and oxygen atoms in total. The third-order valence-electron chi connectivity index (χ3n) is 6.95. The predicted molar refractivity (Wildman–Crippen MR) is 150 cm³/mol. The number of hydrogen-bond acceptors (Lipinski definition) is 5. The van der Waals surface area contributed by atoms with Crippen LogP contribution in [0.4, 0.5) is 5.82 Å². The Hall–Kier alpha value is -4.36. The van der Waals surface area contributed by atoms with Crippen LogP contribution in [0, 0.1) is 0 Å². The smallest absolute Gasteiger partial charge is 0.255 e. The van der Waals surface area contributed by atoms with Crippen LogP contribution >= 0.6 is 11.6 Å². The largest absolute Gasteiger partial charge is 0.497 e. The number of ether oxygens (including phenoxy) is 1. The molecule has 0 aliphatic carbocycles. The molecule has 1 saturated heterocycles. The lowest BCUT2D eigenvalue weighted by Gasteiger charge is -2.35. The number of amides is 1. The molecule has 0 bridgehead atoms. The fourth-order valence-electron chi connectivity index (χ4n) is 5.01. The number of carbonyl (C=O) groups excluding carboxylic acids is 1. The minimum absolute atomic E-state index is 0.0442. The van der Waals surface area contributed by atoms with Crippen molar-refractivity contribution >= 4 is 34.4 Å². The van der Waals surface area contributed by atoms with Gasteiger partial charge in [0.2, 0.25) is 0 Å². The van der Waals surface area contributed by atoms with Gasteiger partial charge in [-0.2, -0.15) is 0 Å². The van der Waals surface area contributed by atoms with E-state index >= 15 is 0 Å². The number of piperazine rings is 1. The van der Waals surface area contributed by atoms with Crippen LogP contribution < -0.4 is 9.64 Å². The Balaban J connectivity index is 1.38. The first-order chi connectivity index (χ1) is 18.6. The molecule has 0 N–H and O–H groups in total. The van der Waals surface area contributed by atoms with Gasteiger partial charge in [-0.25, -0.2) is 9.97 Å². The molecule has 6 rings (SSSR count). The molecule has 5 aromatic rings. The van der Waals surface area contributed by atoms with Crippen LogP contribution in [-0.2, 0) is 0 Å². The Kier molecular flexibility index (Phi) is 6.43. The molecular weight excluding hydrogens is 498 g/mol. The molecule has 2 aromatic heterocycles. The van der Waals surface area contributed by atoms with Gasteiger partial charge < -0.3 is 19.1 Å². The van der Waals surface area contributed by atoms with Crippen molar-refractivity contribution < 1.29 is 9.53 Å². The average Bonchev–Trinajstić information content (AvgIpc) is 3.38. The third-order valence-corrected chi connectivity index (χ3v) is 7.28. The van der Waals surface area contributed by atoms with Crippen molar-refractivity contribution in [1.29, 1.82) is 0 Å². The number of hydrogen-bond donors (Lipinski definition) is 0. The Morgan fingerprint density at radius 1 is 0.895 bits per heavy atom. The molecule has 1 amide bonds. The molecule has 0 unspecified atom stereocenters. The highest BCUT2D eigenvalue weighted by molar-refractivity contribution is 6.33. The number of benzene rings is 3. The molecule has 190 valence electrons. The lowest BCUT2D eigenvalue weighted by molar-refractivity contribution is 0.0747. The second-order valence-electron chi connectivity index (χ2n) is 9.14. The second kappa shape index (κ2) is 10.2. The highest BCUT2D eigenvalue weighted by atomic mass is 35.5. The van der Waals surface area contributed by atoms with Gasteiger partial charge in [0, 0.05) is 44.0 Å². The fraction of sp³-hybridized carbons (Fsp3) is 0.167. The van der Waals surface area contributed by atoms with E-state index < -0.39 is 0 Å². The van der Waals surface area contributed by atoms with Gasteiger partial charge >= 0.3 is 0 Å². The van der Waals surface area contributed by atoms with E-state index in [1.807, 2.05) is 59.5 Å². The number of rotatable bonds is 5. The summed E-state index contributed by atoms with van der Waals surface area (Å²) in [5.41, 5.74) is 4.44. The normalized spacial score (nSPS) is 13.6. The summed E-state index contributed by atoms with van der Waals surface area (Å²) in [6.07, 6.45) is 3.73. The molecule has 8 heteroatoms. The van der Waals surface area contributed by atoms with Crippen molar-refractivity contribution in [1.82, 2.24) is 19.4 Å². The summed E-state index contributed by atoms with van der Waals surface area (Å²) in [7, 11) is 1.67. The Morgan fingerprint density at radius 2 is 1.66 bits per heavy atom. The van der Waals surface area contributed by atoms with Crippen LogP contribution in [0.2, 0.25) is 5.02 Å². The highest BCUT2D eigenvalue weighted by Gasteiger charge is 2.27. The summed E-state index contributed by atoms with van der Waals surface area (Å²) in [5.74, 6) is 1.59. The molecule has 0 atom stereocenters. The first-order valence-corrected chi connectivity index (χ1v) is 12.9. The summed E-state index contributed by atoms with van der Waals surface area (Å²) in [6.45, 7) is 2.46. The maximum Gasteiger partial charge on any atom is 0.255 e. The monoisotopic (exact) mass is 523 g/mol. The number of anilines is 1. The molecular formula is C30H26ClN5O2. The second-order valence-corrected chi connectivity index (χ2v) is 9.54. The van der Waals surface area contributed by atoms with E-state index in [2.05, 4.69) is 27.8 Å². The SMILES string of the molecule is COc1cccc(-n2cc(-c3ccccc3)c3c(N4CCN(C(=O)c5ccccc5Cl)CC4)ncnc32)c1. The zero-order valence-corrected chi connectivity index (χ0v) is 21.7. The Morgan fingerprint density at radius 3 is 2.42 bits per heavy atom. The van der Waals surface area contributed by atoms with E-state index in [4.69, 9.17) is 26.3 Å². The Bertz CT molecular complexity index is 1610. The molecule has 0 saturated carbocycles. The van der Waals surface area contributed by atoms with Gasteiger partial charge in [0.1, 0.15) is 17.9 Å². The zero-order chi connectivity index (χ0) is 26.1. The molecule has 1 fully saturated rings. The summed E-state index contributed by atoms with van der Waals surface area (Å²) < 4.78 is 7.56. The van der Waals surface area contributed by atoms with Gasteiger partial charge in [-0.1, -0.05) is 60.1 Å². The van der Waals surface area contributed by atoms with Crippen molar-refractivity contribution in [3.05, 3.63) is 102 Å². The zero-order valence-electron chi connectivity index (χ0n) is 20.9. The van der Waals surface area contributed by atoms with E-state index in [0.29, 0.717) is 36.8 Å². The number of nitrogens with zero attached hydrogens (tertiary/aromatic N) is 5. The van der Waals surface area contributed by atoms with Crippen molar-refractivity contribution in [3.63, 3.8) is 0 Å². The van der Waals surface area contributed by atoms with Gasteiger partial charge in [0.15, 0.2) is 5.65 Å². The summed E-state index contributed by atoms with van der Waals surface area (Å²) in [5, 5.41) is 1.45. The van der Waals surface area contributed by atoms with E-state index in [9.17, 15) is 4.79 Å². The Labute approximate surface area is 225 Å². The summed E-state index contributed by atoms with van der Waals surface area (Å²) in [6, 6.07) is 25.4. The van der Waals surface area contributed by atoms with Crippen LogP contribution in [-0.4, -0.2) is 58.6 Å². The van der Waals surface area contributed by atoms with Crippen LogP contribution in [0.5, 0.6) is 5.75 Å². The van der Waals surface area contributed by atoms with Crippen LogP contribution in [0.15, 0.2) is 91.4 Å². The topological polar surface area (TPSA) is 63.5 Å². The first-order valence-electron chi connectivity index (χ1n) is 12.5. The first kappa shape index (κ1) is 24.0. The number of aromatic nitrogens is 3. The van der Waals surface area contributed by atoms with Crippen LogP contribution in [0.25, 0.3) is 27.8 Å². The summed E-state index contributed by atoms with van der Waals surface area (Å²) in [4.78, 5) is 26.7. The standard InChI is InChI=1S/C30H26ClN5O2/c1-38-23-11-7-10-22(18-23)36-19-25(21-8-3-2-4-9-21)27-28(32-20-33-29(27)36)34-14-16-35(17-15-34)30(37)24-12-5-6-13-26(24)31/h2-13,18-20H,14-17H2,1H3. The van der Waals surface area contributed by atoms with E-state index in [1.54, 1.807) is 25.6 Å². The van der Waals surface area contributed by atoms with E-state index in [-0.39, 0.29) is 5.91 Å². The molecule has 38 heavy (non-hydrogen) atoms. The van der Waals surface area contributed by atoms with Gasteiger partial charge in [-0.05, 0) is 29.8 Å². The van der Waals surface area contributed by atoms with Crippen LogP contribution in [0.3, 0.4) is 0 Å². The summed E-state index contributed by atoms with van der Waals surface area (Å²) >= 11 is 6.29. The lowest BCUT2D eigenvalue weighted by Crippen LogP contribution is -2.49. The van der Waals surface area contributed by atoms with Crippen molar-refractivity contribution in [2.75, 3.05) is 38.2 Å². The van der Waals surface area contributed by atoms with Crippen molar-refractivity contribution in [2.45, 2.75) is 0 Å². The van der Waals surface area contributed by atoms with E-state index in [0.717, 1.165) is 39.4 Å². The maximum absolute atomic E-state index is 13.1. The van der Waals surface area contributed by atoms with E-state index in [1.165, 1.54) is 0 Å². The van der Waals surface area contributed by atoms with Crippen molar-refractivity contribution in [3.8, 4) is 22.6 Å². The molecule has 0 radical (unpaired) electrons. The molecule has 1 aliphatic heterocycles. The number of halogens is 1. The number of fused-ring (bicyclic) bond motifs is 1. The average molecular weight is 524 g/mol. The van der Waals surface area contributed by atoms with Crippen molar-refractivity contribution in [2.24, 2.45) is 0 Å². The van der Waals surface area contributed by atoms with Gasteiger partial charge in [-0.15, -0.1) is 0 Å². The third kappa shape index (κ3) is 4.35. The molecule has 3 aromatic carbocycles. The molecule has 0 spiro atoms. The van der Waals surface area contributed by atoms with Gasteiger partial charge in [-0.3, -0.25) is 4.79 Å². The number of carbonyl (C=O) groups is 1. The maximum atomic E-state index is 13.1. The van der Waals surface area contributed by atoms with Gasteiger partial charge in [0.05, 0.1) is 28.8 Å². The van der Waals surface area contributed by atoms with Crippen LogP contribution in [0.1, 0.15) is 10.4 Å². The minimum atomic E-state index is -0.0442. The lowest BCUT2D eigenvalue weighted by atomic mass is 10.1. The predicted octanol–water partition coefficient (Wildman–Crippen LogP) is 5.71.